The first-order valence-electron chi connectivity index (χ1n) is 7.74. The van der Waals surface area contributed by atoms with Crippen LogP contribution in [0.15, 0.2) is 28.8 Å². The standard InChI is InChI=1S/C16H18F3NO5S/c1-3-7-23-11-4-5-13(14(9-11)16(17,18)19)15-10-12(25-20-15)6-8-24-26(2,21)22/h4-5,9-10H,3,6-8H2,1-2H3. The Morgan fingerprint density at radius 1 is 1.19 bits per heavy atom. The summed E-state index contributed by atoms with van der Waals surface area (Å²) in [5.74, 6) is 0.330. The molecular weight excluding hydrogens is 375 g/mol. The molecule has 0 atom stereocenters. The summed E-state index contributed by atoms with van der Waals surface area (Å²) in [5, 5.41) is 3.65. The molecule has 1 heterocycles. The van der Waals surface area contributed by atoms with Crippen molar-refractivity contribution in [3.63, 3.8) is 0 Å². The van der Waals surface area contributed by atoms with Crippen molar-refractivity contribution in [3.05, 3.63) is 35.6 Å². The third-order valence-electron chi connectivity index (χ3n) is 3.25. The van der Waals surface area contributed by atoms with E-state index in [0.717, 1.165) is 12.3 Å². The summed E-state index contributed by atoms with van der Waals surface area (Å²) in [7, 11) is -3.60. The summed E-state index contributed by atoms with van der Waals surface area (Å²) in [4.78, 5) is 0. The molecule has 0 unspecified atom stereocenters. The molecule has 0 amide bonds. The van der Waals surface area contributed by atoms with Crippen LogP contribution in [0, 0.1) is 0 Å². The lowest BCUT2D eigenvalue weighted by Gasteiger charge is -2.13. The number of rotatable bonds is 8. The fourth-order valence-electron chi connectivity index (χ4n) is 2.14. The molecule has 0 spiro atoms. The van der Waals surface area contributed by atoms with Crippen LogP contribution < -0.4 is 4.74 Å². The van der Waals surface area contributed by atoms with Crippen molar-refractivity contribution in [2.45, 2.75) is 25.9 Å². The van der Waals surface area contributed by atoms with E-state index >= 15 is 0 Å². The first-order valence-corrected chi connectivity index (χ1v) is 9.56. The van der Waals surface area contributed by atoms with Crippen molar-refractivity contribution < 1.29 is 35.0 Å². The van der Waals surface area contributed by atoms with Crippen molar-refractivity contribution in [2.75, 3.05) is 19.5 Å². The SMILES string of the molecule is CCCOc1ccc(-c2cc(CCOS(C)(=O)=O)on2)c(C(F)(F)F)c1. The molecular formula is C16H18F3NO5S. The van der Waals surface area contributed by atoms with E-state index in [9.17, 15) is 21.6 Å². The Kier molecular flexibility index (Phi) is 6.30. The largest absolute Gasteiger partial charge is 0.494 e. The number of nitrogens with zero attached hydrogens (tertiary/aromatic N) is 1. The van der Waals surface area contributed by atoms with Crippen LogP contribution in [-0.4, -0.2) is 33.0 Å². The number of hydrogen-bond acceptors (Lipinski definition) is 6. The highest BCUT2D eigenvalue weighted by Crippen LogP contribution is 2.39. The first-order chi connectivity index (χ1) is 12.1. The van der Waals surface area contributed by atoms with Crippen LogP contribution in [0.25, 0.3) is 11.3 Å². The first kappa shape index (κ1) is 20.2. The molecule has 0 saturated carbocycles. The fraction of sp³-hybridized carbons (Fsp3) is 0.438. The maximum Gasteiger partial charge on any atom is 0.417 e. The third-order valence-corrected chi connectivity index (χ3v) is 3.84. The lowest BCUT2D eigenvalue weighted by molar-refractivity contribution is -0.137. The number of alkyl halides is 3. The summed E-state index contributed by atoms with van der Waals surface area (Å²) in [5.41, 5.74) is -1.05. The minimum atomic E-state index is -4.60. The van der Waals surface area contributed by atoms with Crippen LogP contribution in [0.3, 0.4) is 0 Å². The number of ether oxygens (including phenoxy) is 1. The van der Waals surface area contributed by atoms with E-state index in [1.54, 1.807) is 0 Å². The summed E-state index contributed by atoms with van der Waals surface area (Å²) < 4.78 is 76.7. The zero-order chi connectivity index (χ0) is 19.4. The van der Waals surface area contributed by atoms with Gasteiger partial charge in [-0.05, 0) is 24.6 Å². The fourth-order valence-corrected chi connectivity index (χ4v) is 2.53. The zero-order valence-corrected chi connectivity index (χ0v) is 15.0. The Morgan fingerprint density at radius 2 is 1.92 bits per heavy atom. The molecule has 1 aromatic heterocycles. The van der Waals surface area contributed by atoms with Gasteiger partial charge in [0.2, 0.25) is 0 Å². The van der Waals surface area contributed by atoms with Gasteiger partial charge in [0.15, 0.2) is 0 Å². The van der Waals surface area contributed by atoms with Gasteiger partial charge in [-0.1, -0.05) is 12.1 Å². The summed E-state index contributed by atoms with van der Waals surface area (Å²) >= 11 is 0. The van der Waals surface area contributed by atoms with Crippen LogP contribution in [0.5, 0.6) is 5.75 Å². The van der Waals surface area contributed by atoms with Gasteiger partial charge in [-0.3, -0.25) is 4.18 Å². The van der Waals surface area contributed by atoms with E-state index in [-0.39, 0.29) is 35.8 Å². The Hall–Kier alpha value is -2.07. The van der Waals surface area contributed by atoms with E-state index in [2.05, 4.69) is 9.34 Å². The van der Waals surface area contributed by atoms with Crippen LogP contribution in [-0.2, 0) is 26.9 Å². The van der Waals surface area contributed by atoms with Crippen molar-refractivity contribution in [1.82, 2.24) is 5.16 Å². The molecule has 26 heavy (non-hydrogen) atoms. The average molecular weight is 393 g/mol. The van der Waals surface area contributed by atoms with Crippen LogP contribution >= 0.6 is 0 Å². The smallest absolute Gasteiger partial charge is 0.417 e. The third kappa shape index (κ3) is 5.73. The molecule has 2 aromatic rings. The molecule has 144 valence electrons. The minimum Gasteiger partial charge on any atom is -0.494 e. The molecule has 0 N–H and O–H groups in total. The predicted octanol–water partition coefficient (Wildman–Crippen LogP) is 3.67. The van der Waals surface area contributed by atoms with Gasteiger partial charge in [0.25, 0.3) is 10.1 Å². The quantitative estimate of drug-likeness (QED) is 0.637. The summed E-state index contributed by atoms with van der Waals surface area (Å²) in [6, 6.07) is 4.94. The molecule has 2 rings (SSSR count). The van der Waals surface area contributed by atoms with E-state index in [1.807, 2.05) is 6.92 Å². The van der Waals surface area contributed by atoms with Gasteiger partial charge >= 0.3 is 6.18 Å². The van der Waals surface area contributed by atoms with Crippen LogP contribution in [0.1, 0.15) is 24.7 Å². The van der Waals surface area contributed by atoms with E-state index in [0.29, 0.717) is 13.0 Å². The molecule has 0 aliphatic heterocycles. The highest BCUT2D eigenvalue weighted by molar-refractivity contribution is 7.85. The number of halogens is 3. The Bertz CT molecular complexity index is 846. The molecule has 6 nitrogen and oxygen atoms in total. The average Bonchev–Trinajstić information content (AvgIpc) is 2.99. The minimum absolute atomic E-state index is 0.00581. The normalized spacial score (nSPS) is 12.3. The van der Waals surface area contributed by atoms with Gasteiger partial charge in [-0.25, -0.2) is 0 Å². The highest BCUT2D eigenvalue weighted by atomic mass is 32.2. The van der Waals surface area contributed by atoms with Crippen LogP contribution in [0.2, 0.25) is 0 Å². The maximum absolute atomic E-state index is 13.4. The molecule has 0 fully saturated rings. The van der Waals surface area contributed by atoms with E-state index in [1.165, 1.54) is 18.2 Å². The Labute approximate surface area is 149 Å². The second-order valence-corrected chi connectivity index (χ2v) is 7.15. The number of benzene rings is 1. The molecule has 0 bridgehead atoms. The number of aromatic nitrogens is 1. The predicted molar refractivity (Wildman–Crippen MR) is 87.2 cm³/mol. The van der Waals surface area contributed by atoms with E-state index in [4.69, 9.17) is 9.26 Å². The molecule has 0 saturated heterocycles. The topological polar surface area (TPSA) is 78.6 Å². The Morgan fingerprint density at radius 3 is 2.54 bits per heavy atom. The monoisotopic (exact) mass is 393 g/mol. The summed E-state index contributed by atoms with van der Waals surface area (Å²) in [6.07, 6.45) is -2.97. The van der Waals surface area contributed by atoms with Crippen molar-refractivity contribution >= 4 is 10.1 Å². The van der Waals surface area contributed by atoms with Crippen molar-refractivity contribution in [3.8, 4) is 17.0 Å². The molecule has 10 heteroatoms. The van der Waals surface area contributed by atoms with Crippen molar-refractivity contribution in [2.24, 2.45) is 0 Å². The van der Waals surface area contributed by atoms with Gasteiger partial charge in [-0.15, -0.1) is 0 Å². The van der Waals surface area contributed by atoms with Crippen LogP contribution in [0.4, 0.5) is 13.2 Å². The summed E-state index contributed by atoms with van der Waals surface area (Å²) in [6.45, 7) is 1.97. The zero-order valence-electron chi connectivity index (χ0n) is 14.2. The second-order valence-electron chi connectivity index (χ2n) is 5.51. The highest BCUT2D eigenvalue weighted by Gasteiger charge is 2.35. The van der Waals surface area contributed by atoms with Gasteiger partial charge < -0.3 is 9.26 Å². The van der Waals surface area contributed by atoms with Crippen molar-refractivity contribution in [1.29, 1.82) is 0 Å². The molecule has 0 radical (unpaired) electrons. The number of hydrogen-bond donors (Lipinski definition) is 0. The molecule has 0 aliphatic carbocycles. The second kappa shape index (κ2) is 8.09. The lowest BCUT2D eigenvalue weighted by atomic mass is 10.0. The molecule has 0 aliphatic rings. The lowest BCUT2D eigenvalue weighted by Crippen LogP contribution is -2.08. The molecule has 1 aromatic carbocycles. The van der Waals surface area contributed by atoms with E-state index < -0.39 is 21.9 Å². The van der Waals surface area contributed by atoms with Gasteiger partial charge in [-0.2, -0.15) is 21.6 Å². The van der Waals surface area contributed by atoms with Gasteiger partial charge in [0.1, 0.15) is 17.2 Å². The van der Waals surface area contributed by atoms with Gasteiger partial charge in [0, 0.05) is 18.1 Å². The maximum atomic E-state index is 13.4. The van der Waals surface area contributed by atoms with Gasteiger partial charge in [0.05, 0.1) is 25.0 Å². The Balaban J connectivity index is 2.24.